The summed E-state index contributed by atoms with van der Waals surface area (Å²) >= 11 is 5.87. The Balaban J connectivity index is 1.84. The van der Waals surface area contributed by atoms with E-state index >= 15 is 0 Å². The second-order valence-corrected chi connectivity index (χ2v) is 7.09. The minimum absolute atomic E-state index is 0.0536. The maximum Gasteiger partial charge on any atom is 0.332 e. The number of rotatable bonds is 3. The van der Waals surface area contributed by atoms with E-state index in [1.54, 1.807) is 31.3 Å². The van der Waals surface area contributed by atoms with E-state index in [0.717, 1.165) is 4.57 Å². The average Bonchev–Trinajstić information content (AvgIpc) is 2.69. The minimum atomic E-state index is -0.602. The van der Waals surface area contributed by atoms with Crippen LogP contribution in [-0.4, -0.2) is 28.0 Å². The van der Waals surface area contributed by atoms with Gasteiger partial charge in [-0.1, -0.05) is 11.6 Å². The largest absolute Gasteiger partial charge is 0.357 e. The first-order chi connectivity index (χ1) is 12.8. The number of hydrogen-bond acceptors (Lipinski definition) is 5. The smallest absolute Gasteiger partial charge is 0.332 e. The molecule has 0 amide bonds. The topological polar surface area (TPSA) is 88.1 Å². The highest BCUT2D eigenvalue weighted by molar-refractivity contribution is 6.30. The standard InChI is InChI=1S/C19H19ClN4O3/c1-22-17(15(11-21)18(26)23(2)19(22)27)24-9-7-13(8-10-24)16(25)12-3-5-14(20)6-4-12/h3-6,13H,7-10H2,1-2H3. The first-order valence-electron chi connectivity index (χ1n) is 8.60. The predicted octanol–water partition coefficient (Wildman–Crippen LogP) is 1.71. The number of ketones is 1. The monoisotopic (exact) mass is 386 g/mol. The number of aromatic nitrogens is 2. The molecule has 3 rings (SSSR count). The molecule has 1 aromatic carbocycles. The lowest BCUT2D eigenvalue weighted by Gasteiger charge is -2.34. The molecule has 0 atom stereocenters. The van der Waals surface area contributed by atoms with Gasteiger partial charge in [-0.15, -0.1) is 0 Å². The molecule has 7 nitrogen and oxygen atoms in total. The number of Topliss-reactive ketones (excluding diaryl/α,β-unsaturated/α-hetero) is 1. The van der Waals surface area contributed by atoms with Crippen molar-refractivity contribution in [1.29, 1.82) is 5.26 Å². The molecule has 27 heavy (non-hydrogen) atoms. The maximum absolute atomic E-state index is 12.7. The van der Waals surface area contributed by atoms with Crippen LogP contribution >= 0.6 is 11.6 Å². The van der Waals surface area contributed by atoms with Gasteiger partial charge in [0.15, 0.2) is 11.3 Å². The molecule has 1 fully saturated rings. The zero-order chi connectivity index (χ0) is 19.7. The first kappa shape index (κ1) is 18.9. The Morgan fingerprint density at radius 2 is 1.70 bits per heavy atom. The maximum atomic E-state index is 12.7. The normalized spacial score (nSPS) is 14.8. The number of hydrogen-bond donors (Lipinski definition) is 0. The quantitative estimate of drug-likeness (QED) is 0.749. The minimum Gasteiger partial charge on any atom is -0.357 e. The van der Waals surface area contributed by atoms with Gasteiger partial charge >= 0.3 is 5.69 Å². The predicted molar refractivity (Wildman–Crippen MR) is 102 cm³/mol. The fourth-order valence-electron chi connectivity index (χ4n) is 3.50. The molecular formula is C19H19ClN4O3. The molecule has 1 aliphatic rings. The number of nitriles is 1. The van der Waals surface area contributed by atoms with E-state index in [-0.39, 0.29) is 17.3 Å². The molecule has 1 aromatic heterocycles. The highest BCUT2D eigenvalue weighted by Crippen LogP contribution is 2.26. The van der Waals surface area contributed by atoms with Crippen LogP contribution < -0.4 is 16.1 Å². The fourth-order valence-corrected chi connectivity index (χ4v) is 3.63. The molecule has 0 saturated carbocycles. The Kier molecular flexibility index (Phi) is 5.19. The average molecular weight is 387 g/mol. The lowest BCUT2D eigenvalue weighted by Crippen LogP contribution is -2.45. The summed E-state index contributed by atoms with van der Waals surface area (Å²) in [6, 6.07) is 8.74. The molecule has 0 unspecified atom stereocenters. The summed E-state index contributed by atoms with van der Waals surface area (Å²) in [5.41, 5.74) is -0.512. The Bertz CT molecular complexity index is 1040. The summed E-state index contributed by atoms with van der Waals surface area (Å²) in [5, 5.41) is 9.99. The summed E-state index contributed by atoms with van der Waals surface area (Å²) in [7, 11) is 2.90. The number of anilines is 1. The van der Waals surface area contributed by atoms with Crippen LogP contribution in [0.4, 0.5) is 5.82 Å². The van der Waals surface area contributed by atoms with Crippen molar-refractivity contribution < 1.29 is 4.79 Å². The summed E-state index contributed by atoms with van der Waals surface area (Å²) in [5.74, 6) is 0.240. The Morgan fingerprint density at radius 3 is 2.26 bits per heavy atom. The second kappa shape index (κ2) is 7.41. The number of benzene rings is 1. The summed E-state index contributed by atoms with van der Waals surface area (Å²) in [6.45, 7) is 0.970. The fraction of sp³-hybridized carbons (Fsp3) is 0.368. The zero-order valence-corrected chi connectivity index (χ0v) is 15.9. The van der Waals surface area contributed by atoms with Gasteiger partial charge in [-0.2, -0.15) is 5.26 Å². The van der Waals surface area contributed by atoms with Gasteiger partial charge in [0.1, 0.15) is 11.9 Å². The third-order valence-electron chi connectivity index (χ3n) is 5.04. The Morgan fingerprint density at radius 1 is 1.11 bits per heavy atom. The van der Waals surface area contributed by atoms with Crippen LogP contribution in [0.1, 0.15) is 28.8 Å². The van der Waals surface area contributed by atoms with E-state index < -0.39 is 11.2 Å². The van der Waals surface area contributed by atoms with Gasteiger partial charge in [0.05, 0.1) is 0 Å². The van der Waals surface area contributed by atoms with E-state index in [4.69, 9.17) is 11.6 Å². The van der Waals surface area contributed by atoms with Crippen molar-refractivity contribution in [1.82, 2.24) is 9.13 Å². The number of piperidine rings is 1. The van der Waals surface area contributed by atoms with Gasteiger partial charge in [-0.25, -0.2) is 4.79 Å². The van der Waals surface area contributed by atoms with Crippen LogP contribution in [0.25, 0.3) is 0 Å². The van der Waals surface area contributed by atoms with Gasteiger partial charge in [-0.3, -0.25) is 18.7 Å². The molecule has 0 radical (unpaired) electrons. The van der Waals surface area contributed by atoms with E-state index in [1.807, 2.05) is 11.0 Å². The van der Waals surface area contributed by atoms with E-state index in [0.29, 0.717) is 42.3 Å². The third kappa shape index (κ3) is 3.40. The molecule has 0 spiro atoms. The summed E-state index contributed by atoms with van der Waals surface area (Å²) in [6.07, 6.45) is 1.16. The van der Waals surface area contributed by atoms with Gasteiger partial charge in [-0.05, 0) is 37.1 Å². The van der Waals surface area contributed by atoms with Crippen LogP contribution in [0.3, 0.4) is 0 Å². The molecule has 1 saturated heterocycles. The van der Waals surface area contributed by atoms with Crippen LogP contribution in [0, 0.1) is 17.2 Å². The van der Waals surface area contributed by atoms with E-state index in [9.17, 15) is 19.6 Å². The molecule has 0 N–H and O–H groups in total. The second-order valence-electron chi connectivity index (χ2n) is 6.65. The van der Waals surface area contributed by atoms with Crippen molar-refractivity contribution in [3.63, 3.8) is 0 Å². The van der Waals surface area contributed by atoms with Crippen molar-refractivity contribution in [2.75, 3.05) is 18.0 Å². The van der Waals surface area contributed by atoms with Gasteiger partial charge in [0.25, 0.3) is 5.56 Å². The van der Waals surface area contributed by atoms with Crippen molar-refractivity contribution in [3.05, 3.63) is 61.3 Å². The van der Waals surface area contributed by atoms with Gasteiger partial charge in [0, 0.05) is 43.7 Å². The Hall–Kier alpha value is -2.85. The van der Waals surface area contributed by atoms with Crippen molar-refractivity contribution >= 4 is 23.2 Å². The van der Waals surface area contributed by atoms with Crippen LogP contribution in [0.5, 0.6) is 0 Å². The number of carbonyl (C=O) groups is 1. The molecule has 0 aliphatic carbocycles. The SMILES string of the molecule is Cn1c(N2CCC(C(=O)c3ccc(Cl)cc3)CC2)c(C#N)c(=O)n(C)c1=O. The van der Waals surface area contributed by atoms with E-state index in [1.165, 1.54) is 11.6 Å². The highest BCUT2D eigenvalue weighted by atomic mass is 35.5. The first-order valence-corrected chi connectivity index (χ1v) is 8.97. The highest BCUT2D eigenvalue weighted by Gasteiger charge is 2.29. The lowest BCUT2D eigenvalue weighted by atomic mass is 9.89. The number of carbonyl (C=O) groups excluding carboxylic acids is 1. The van der Waals surface area contributed by atoms with Crippen molar-refractivity contribution in [2.24, 2.45) is 20.0 Å². The van der Waals surface area contributed by atoms with Crippen molar-refractivity contribution in [2.45, 2.75) is 12.8 Å². The Labute approximate surface area is 161 Å². The number of halogens is 1. The molecule has 1 aliphatic heterocycles. The molecule has 140 valence electrons. The summed E-state index contributed by atoms with van der Waals surface area (Å²) in [4.78, 5) is 39.0. The third-order valence-corrected chi connectivity index (χ3v) is 5.29. The molecular weight excluding hydrogens is 368 g/mol. The van der Waals surface area contributed by atoms with Gasteiger partial charge < -0.3 is 4.90 Å². The van der Waals surface area contributed by atoms with Crippen LogP contribution in [0.2, 0.25) is 5.02 Å². The molecule has 8 heteroatoms. The zero-order valence-electron chi connectivity index (χ0n) is 15.1. The molecule has 0 bridgehead atoms. The van der Waals surface area contributed by atoms with E-state index in [2.05, 4.69) is 0 Å². The summed E-state index contributed by atoms with van der Waals surface area (Å²) < 4.78 is 2.25. The lowest BCUT2D eigenvalue weighted by molar-refractivity contribution is 0.0900. The molecule has 2 heterocycles. The van der Waals surface area contributed by atoms with Gasteiger partial charge in [0.2, 0.25) is 0 Å². The van der Waals surface area contributed by atoms with Crippen molar-refractivity contribution in [3.8, 4) is 6.07 Å². The molecule has 2 aromatic rings. The van der Waals surface area contributed by atoms with Crippen LogP contribution in [0.15, 0.2) is 33.9 Å². The number of nitrogens with zero attached hydrogens (tertiary/aromatic N) is 4. The van der Waals surface area contributed by atoms with Crippen LogP contribution in [-0.2, 0) is 14.1 Å².